The fourth-order valence-electron chi connectivity index (χ4n) is 3.63. The number of fused-ring (bicyclic) bond motifs is 1. The van der Waals surface area contributed by atoms with Crippen molar-refractivity contribution in [2.24, 2.45) is 5.92 Å². The summed E-state index contributed by atoms with van der Waals surface area (Å²) in [7, 11) is 0. The lowest BCUT2D eigenvalue weighted by molar-refractivity contribution is -0.121. The molecule has 3 aromatic rings. The second-order valence-electron chi connectivity index (χ2n) is 7.23. The zero-order valence-electron chi connectivity index (χ0n) is 15.4. The molecule has 2 heterocycles. The number of rotatable bonds is 3. The number of hydrogen-bond donors (Lipinski definition) is 2. The first-order valence-electron chi connectivity index (χ1n) is 9.34. The minimum absolute atomic E-state index is 0.00839. The number of anilines is 1. The van der Waals surface area contributed by atoms with Gasteiger partial charge in [-0.05, 0) is 56.2 Å². The van der Waals surface area contributed by atoms with E-state index in [9.17, 15) is 9.59 Å². The van der Waals surface area contributed by atoms with E-state index in [4.69, 9.17) is 0 Å². The van der Waals surface area contributed by atoms with E-state index in [-0.39, 0.29) is 17.7 Å². The van der Waals surface area contributed by atoms with Gasteiger partial charge < -0.3 is 15.2 Å². The van der Waals surface area contributed by atoms with Crippen LogP contribution in [0.1, 0.15) is 28.8 Å². The first kappa shape index (κ1) is 17.3. The Hall–Kier alpha value is -3.08. The van der Waals surface area contributed by atoms with Crippen molar-refractivity contribution in [3.05, 3.63) is 65.9 Å². The van der Waals surface area contributed by atoms with Crippen LogP contribution in [0.3, 0.4) is 0 Å². The van der Waals surface area contributed by atoms with Crippen molar-refractivity contribution < 1.29 is 9.59 Å². The Kier molecular flexibility index (Phi) is 4.67. The molecule has 0 aliphatic carbocycles. The molecule has 0 spiro atoms. The number of amides is 2. The van der Waals surface area contributed by atoms with E-state index in [1.165, 1.54) is 0 Å². The largest absolute Gasteiger partial charge is 0.361 e. The number of aromatic nitrogens is 1. The third-order valence-corrected chi connectivity index (χ3v) is 5.20. The van der Waals surface area contributed by atoms with E-state index in [1.54, 1.807) is 4.90 Å². The van der Waals surface area contributed by atoms with Crippen LogP contribution < -0.4 is 5.32 Å². The number of carbonyl (C=O) groups excluding carboxylic acids is 2. The Balaban J connectivity index is 1.44. The molecule has 1 aliphatic heterocycles. The Bertz CT molecular complexity index is 975. The smallest absolute Gasteiger partial charge is 0.253 e. The van der Waals surface area contributed by atoms with Crippen molar-refractivity contribution in [1.29, 1.82) is 0 Å². The Morgan fingerprint density at radius 3 is 2.74 bits per heavy atom. The average Bonchev–Trinajstić information content (AvgIpc) is 3.17. The second-order valence-corrected chi connectivity index (χ2v) is 7.23. The number of nitrogens with one attached hydrogen (secondary N) is 2. The number of H-pyrrole nitrogens is 1. The molecule has 27 heavy (non-hydrogen) atoms. The number of carbonyl (C=O) groups is 2. The van der Waals surface area contributed by atoms with Gasteiger partial charge in [0, 0.05) is 41.4 Å². The topological polar surface area (TPSA) is 65.2 Å². The summed E-state index contributed by atoms with van der Waals surface area (Å²) < 4.78 is 0. The van der Waals surface area contributed by atoms with Crippen LogP contribution in [0.2, 0.25) is 0 Å². The third kappa shape index (κ3) is 3.72. The van der Waals surface area contributed by atoms with Gasteiger partial charge in [0.1, 0.15) is 0 Å². The maximum atomic E-state index is 12.9. The van der Waals surface area contributed by atoms with Crippen LogP contribution >= 0.6 is 0 Å². The summed E-state index contributed by atoms with van der Waals surface area (Å²) in [6.07, 6.45) is 3.51. The molecule has 1 aromatic heterocycles. The maximum absolute atomic E-state index is 12.9. The van der Waals surface area contributed by atoms with E-state index in [0.29, 0.717) is 18.7 Å². The van der Waals surface area contributed by atoms with Gasteiger partial charge in [-0.2, -0.15) is 0 Å². The highest BCUT2D eigenvalue weighted by atomic mass is 16.2. The van der Waals surface area contributed by atoms with E-state index < -0.39 is 0 Å². The number of aryl methyl sites for hydroxylation is 1. The number of nitrogens with zero attached hydrogens (tertiary/aromatic N) is 1. The highest BCUT2D eigenvalue weighted by Crippen LogP contribution is 2.22. The molecule has 1 saturated heterocycles. The van der Waals surface area contributed by atoms with Gasteiger partial charge in [0.05, 0.1) is 5.92 Å². The van der Waals surface area contributed by atoms with E-state index in [2.05, 4.69) is 10.3 Å². The molecule has 2 aromatic carbocycles. The van der Waals surface area contributed by atoms with Crippen LogP contribution in [0.4, 0.5) is 5.69 Å². The Morgan fingerprint density at radius 1 is 1.11 bits per heavy atom. The number of hydrogen-bond acceptors (Lipinski definition) is 2. The minimum Gasteiger partial charge on any atom is -0.361 e. The van der Waals surface area contributed by atoms with Crippen molar-refractivity contribution in [1.82, 2.24) is 9.88 Å². The van der Waals surface area contributed by atoms with Crippen LogP contribution in [-0.4, -0.2) is 34.8 Å². The van der Waals surface area contributed by atoms with Crippen molar-refractivity contribution in [3.63, 3.8) is 0 Å². The molecular weight excluding hydrogens is 338 g/mol. The maximum Gasteiger partial charge on any atom is 0.253 e. The lowest BCUT2D eigenvalue weighted by atomic mass is 9.96. The minimum atomic E-state index is -0.181. The van der Waals surface area contributed by atoms with Crippen molar-refractivity contribution in [2.75, 3.05) is 18.4 Å². The molecule has 0 radical (unpaired) electrons. The van der Waals surface area contributed by atoms with Gasteiger partial charge in [-0.3, -0.25) is 9.59 Å². The normalized spacial score (nSPS) is 17.1. The molecule has 2 N–H and O–H groups in total. The van der Waals surface area contributed by atoms with E-state index >= 15 is 0 Å². The van der Waals surface area contributed by atoms with Crippen LogP contribution in [0, 0.1) is 12.8 Å². The molecule has 1 fully saturated rings. The second kappa shape index (κ2) is 7.27. The molecule has 1 unspecified atom stereocenters. The average molecular weight is 361 g/mol. The van der Waals surface area contributed by atoms with Gasteiger partial charge in [0.25, 0.3) is 5.91 Å². The highest BCUT2D eigenvalue weighted by Gasteiger charge is 2.29. The van der Waals surface area contributed by atoms with Crippen molar-refractivity contribution >= 4 is 28.4 Å². The van der Waals surface area contributed by atoms with Gasteiger partial charge in [-0.25, -0.2) is 0 Å². The monoisotopic (exact) mass is 361 g/mol. The summed E-state index contributed by atoms with van der Waals surface area (Å²) in [6, 6.07) is 15.4. The van der Waals surface area contributed by atoms with Gasteiger partial charge in [0.15, 0.2) is 0 Å². The first-order valence-corrected chi connectivity index (χ1v) is 9.34. The zero-order chi connectivity index (χ0) is 18.8. The molecule has 2 amide bonds. The zero-order valence-corrected chi connectivity index (χ0v) is 15.4. The fraction of sp³-hybridized carbons (Fsp3) is 0.273. The number of piperidine rings is 1. The van der Waals surface area contributed by atoms with Gasteiger partial charge in [-0.1, -0.05) is 17.7 Å². The predicted molar refractivity (Wildman–Crippen MR) is 107 cm³/mol. The molecule has 138 valence electrons. The predicted octanol–water partition coefficient (Wildman–Crippen LogP) is 3.97. The SMILES string of the molecule is Cc1ccc(NC(=O)C2CCCN(C(=O)c3ccc4[nH]ccc4c3)C2)cc1. The summed E-state index contributed by atoms with van der Waals surface area (Å²) >= 11 is 0. The van der Waals surface area contributed by atoms with Gasteiger partial charge in [0.2, 0.25) is 5.91 Å². The molecule has 5 nitrogen and oxygen atoms in total. The molecule has 1 aliphatic rings. The van der Waals surface area contributed by atoms with Crippen molar-refractivity contribution in [2.45, 2.75) is 19.8 Å². The van der Waals surface area contributed by atoms with E-state index in [1.807, 2.05) is 61.7 Å². The lowest BCUT2D eigenvalue weighted by Gasteiger charge is -2.32. The number of aromatic amines is 1. The standard InChI is InChI=1S/C22H23N3O2/c1-15-4-7-19(8-5-15)24-21(26)18-3-2-12-25(14-18)22(27)17-6-9-20-16(13-17)10-11-23-20/h4-11,13,18,23H,2-3,12,14H2,1H3,(H,24,26). The van der Waals surface area contributed by atoms with Crippen molar-refractivity contribution in [3.8, 4) is 0 Å². The molecule has 0 saturated carbocycles. The summed E-state index contributed by atoms with van der Waals surface area (Å²) in [6.45, 7) is 3.17. The quantitative estimate of drug-likeness (QED) is 0.741. The van der Waals surface area contributed by atoms with Gasteiger partial charge in [-0.15, -0.1) is 0 Å². The highest BCUT2D eigenvalue weighted by molar-refractivity contribution is 5.99. The molecule has 5 heteroatoms. The summed E-state index contributed by atoms with van der Waals surface area (Å²) in [5.41, 5.74) is 3.64. The molecule has 1 atom stereocenters. The summed E-state index contributed by atoms with van der Waals surface area (Å²) in [5, 5.41) is 4.00. The molecule has 4 rings (SSSR count). The fourth-order valence-corrected chi connectivity index (χ4v) is 3.63. The molecular formula is C22H23N3O2. The summed E-state index contributed by atoms with van der Waals surface area (Å²) in [4.78, 5) is 30.5. The Morgan fingerprint density at radius 2 is 1.93 bits per heavy atom. The van der Waals surface area contributed by atoms with Crippen LogP contribution in [0.15, 0.2) is 54.7 Å². The summed E-state index contributed by atoms with van der Waals surface area (Å²) in [5.74, 6) is -0.205. The van der Waals surface area contributed by atoms with Crippen LogP contribution in [0.25, 0.3) is 10.9 Å². The van der Waals surface area contributed by atoms with E-state index in [0.717, 1.165) is 35.0 Å². The number of benzene rings is 2. The van der Waals surface area contributed by atoms with Crippen LogP contribution in [0.5, 0.6) is 0 Å². The van der Waals surface area contributed by atoms with Crippen LogP contribution in [-0.2, 0) is 4.79 Å². The first-order chi connectivity index (χ1) is 13.1. The third-order valence-electron chi connectivity index (χ3n) is 5.20. The lowest BCUT2D eigenvalue weighted by Crippen LogP contribution is -2.43. The number of likely N-dealkylation sites (tertiary alicyclic amines) is 1. The Labute approximate surface area is 158 Å². The van der Waals surface area contributed by atoms with Gasteiger partial charge >= 0.3 is 0 Å². The molecule has 0 bridgehead atoms.